The molecule has 0 aliphatic heterocycles. The summed E-state index contributed by atoms with van der Waals surface area (Å²) in [7, 11) is 1.52. The number of methoxy groups -OCH3 is 1. The molecular weight excluding hydrogens is 290 g/mol. The minimum absolute atomic E-state index is 0.291. The first-order valence-corrected chi connectivity index (χ1v) is 6.37. The van der Waals surface area contributed by atoms with Crippen LogP contribution >= 0.6 is 11.6 Å². The fourth-order valence-corrected chi connectivity index (χ4v) is 1.92. The molecule has 1 amide bonds. The standard InChI is InChI=1S/C15H12ClN3O2/c1-21-10-3-4-11(13(18)7-10)15(20)19-14-6-9(8-17)2-5-12(14)16/h2-7H,18H2,1H3,(H,19,20). The minimum atomic E-state index is -0.410. The van der Waals surface area contributed by atoms with Gasteiger partial charge in [0.15, 0.2) is 0 Å². The Morgan fingerprint density at radius 2 is 2.10 bits per heavy atom. The van der Waals surface area contributed by atoms with E-state index in [0.29, 0.717) is 33.3 Å². The average molecular weight is 302 g/mol. The molecule has 0 saturated carbocycles. The number of carbonyl (C=O) groups excluding carboxylic acids is 1. The fraction of sp³-hybridized carbons (Fsp3) is 0.0667. The van der Waals surface area contributed by atoms with Crippen LogP contribution in [0.2, 0.25) is 5.02 Å². The lowest BCUT2D eigenvalue weighted by Gasteiger charge is -2.10. The zero-order valence-electron chi connectivity index (χ0n) is 11.2. The second-order valence-corrected chi connectivity index (χ2v) is 4.62. The lowest BCUT2D eigenvalue weighted by atomic mass is 10.1. The number of amides is 1. The summed E-state index contributed by atoms with van der Waals surface area (Å²) in [5, 5.41) is 11.8. The van der Waals surface area contributed by atoms with Crippen LogP contribution in [0, 0.1) is 11.3 Å². The summed E-state index contributed by atoms with van der Waals surface area (Å²) in [6.07, 6.45) is 0. The van der Waals surface area contributed by atoms with Gasteiger partial charge in [0.2, 0.25) is 0 Å². The van der Waals surface area contributed by atoms with Gasteiger partial charge in [-0.15, -0.1) is 0 Å². The predicted molar refractivity (Wildman–Crippen MR) is 81.5 cm³/mol. The number of benzene rings is 2. The molecule has 0 aromatic heterocycles. The second kappa shape index (κ2) is 6.16. The van der Waals surface area contributed by atoms with E-state index in [9.17, 15) is 4.79 Å². The Morgan fingerprint density at radius 1 is 1.33 bits per heavy atom. The highest BCUT2D eigenvalue weighted by molar-refractivity contribution is 6.34. The van der Waals surface area contributed by atoms with E-state index >= 15 is 0 Å². The number of ether oxygens (including phenoxy) is 1. The number of nitrogens with zero attached hydrogens (tertiary/aromatic N) is 1. The summed E-state index contributed by atoms with van der Waals surface area (Å²) < 4.78 is 5.03. The predicted octanol–water partition coefficient (Wildman–Crippen LogP) is 3.05. The number of nitrogens with one attached hydrogen (secondary N) is 1. The molecule has 0 radical (unpaired) electrons. The molecule has 2 aromatic rings. The number of nitriles is 1. The summed E-state index contributed by atoms with van der Waals surface area (Å²) in [5.74, 6) is 0.153. The van der Waals surface area contributed by atoms with Crippen molar-refractivity contribution in [1.29, 1.82) is 5.26 Å². The van der Waals surface area contributed by atoms with Crippen LogP contribution in [-0.4, -0.2) is 13.0 Å². The Hall–Kier alpha value is -2.71. The third kappa shape index (κ3) is 3.25. The Labute approximate surface area is 126 Å². The lowest BCUT2D eigenvalue weighted by molar-refractivity contribution is 0.102. The van der Waals surface area contributed by atoms with Crippen molar-refractivity contribution in [3.8, 4) is 11.8 Å². The van der Waals surface area contributed by atoms with Gasteiger partial charge in [0.05, 0.1) is 35.0 Å². The van der Waals surface area contributed by atoms with E-state index in [-0.39, 0.29) is 0 Å². The second-order valence-electron chi connectivity index (χ2n) is 4.21. The molecule has 2 aromatic carbocycles. The van der Waals surface area contributed by atoms with E-state index in [4.69, 9.17) is 27.3 Å². The third-order valence-electron chi connectivity index (χ3n) is 2.85. The average Bonchev–Trinajstić information content (AvgIpc) is 2.49. The zero-order valence-corrected chi connectivity index (χ0v) is 11.9. The quantitative estimate of drug-likeness (QED) is 0.853. The third-order valence-corrected chi connectivity index (χ3v) is 3.18. The van der Waals surface area contributed by atoms with E-state index < -0.39 is 5.91 Å². The largest absolute Gasteiger partial charge is 0.497 e. The number of rotatable bonds is 3. The number of nitrogen functional groups attached to an aromatic ring is 1. The van der Waals surface area contributed by atoms with Gasteiger partial charge in [-0.1, -0.05) is 11.6 Å². The van der Waals surface area contributed by atoms with Crippen molar-refractivity contribution in [3.63, 3.8) is 0 Å². The first-order valence-electron chi connectivity index (χ1n) is 5.99. The molecule has 5 nitrogen and oxygen atoms in total. The van der Waals surface area contributed by atoms with Gasteiger partial charge in [-0.3, -0.25) is 4.79 Å². The maximum atomic E-state index is 12.2. The summed E-state index contributed by atoms with van der Waals surface area (Å²) >= 11 is 6.00. The molecule has 0 heterocycles. The molecule has 0 spiro atoms. The Bertz CT molecular complexity index is 738. The van der Waals surface area contributed by atoms with Crippen LogP contribution in [0.25, 0.3) is 0 Å². The van der Waals surface area contributed by atoms with Gasteiger partial charge < -0.3 is 15.8 Å². The van der Waals surface area contributed by atoms with E-state index in [1.165, 1.54) is 13.2 Å². The van der Waals surface area contributed by atoms with E-state index in [2.05, 4.69) is 5.32 Å². The van der Waals surface area contributed by atoms with Gasteiger partial charge in [0.25, 0.3) is 5.91 Å². The van der Waals surface area contributed by atoms with Crippen molar-refractivity contribution >= 4 is 28.9 Å². The van der Waals surface area contributed by atoms with Crippen LogP contribution < -0.4 is 15.8 Å². The topological polar surface area (TPSA) is 88.1 Å². The van der Waals surface area contributed by atoms with Crippen LogP contribution in [0.15, 0.2) is 36.4 Å². The summed E-state index contributed by atoms with van der Waals surface area (Å²) in [4.78, 5) is 12.2. The minimum Gasteiger partial charge on any atom is -0.497 e. The molecule has 6 heteroatoms. The first-order chi connectivity index (χ1) is 10.0. The molecule has 0 aliphatic carbocycles. The van der Waals surface area contributed by atoms with Crippen molar-refractivity contribution in [2.45, 2.75) is 0 Å². The van der Waals surface area contributed by atoms with Crippen molar-refractivity contribution in [1.82, 2.24) is 0 Å². The van der Waals surface area contributed by atoms with Crippen LogP contribution in [0.5, 0.6) is 5.75 Å². The Balaban J connectivity index is 2.28. The molecular formula is C15H12ClN3O2. The number of nitrogens with two attached hydrogens (primary N) is 1. The number of halogens is 1. The molecule has 2 rings (SSSR count). The van der Waals surface area contributed by atoms with Gasteiger partial charge in [0.1, 0.15) is 5.75 Å². The highest BCUT2D eigenvalue weighted by Gasteiger charge is 2.13. The molecule has 0 atom stereocenters. The van der Waals surface area contributed by atoms with Gasteiger partial charge in [-0.25, -0.2) is 0 Å². The molecule has 0 bridgehead atoms. The van der Waals surface area contributed by atoms with Gasteiger partial charge >= 0.3 is 0 Å². The monoisotopic (exact) mass is 301 g/mol. The normalized spacial score (nSPS) is 9.76. The van der Waals surface area contributed by atoms with Crippen LogP contribution in [0.3, 0.4) is 0 Å². The number of carbonyl (C=O) groups is 1. The van der Waals surface area contributed by atoms with E-state index in [1.54, 1.807) is 30.3 Å². The Kier molecular flexibility index (Phi) is 4.31. The molecule has 0 saturated heterocycles. The maximum absolute atomic E-state index is 12.2. The molecule has 0 unspecified atom stereocenters. The van der Waals surface area contributed by atoms with Gasteiger partial charge in [0, 0.05) is 11.8 Å². The number of hydrogen-bond acceptors (Lipinski definition) is 4. The maximum Gasteiger partial charge on any atom is 0.257 e. The SMILES string of the molecule is COc1ccc(C(=O)Nc2cc(C#N)ccc2Cl)c(N)c1. The van der Waals surface area contributed by atoms with E-state index in [0.717, 1.165) is 0 Å². The van der Waals surface area contributed by atoms with Crippen molar-refractivity contribution in [3.05, 3.63) is 52.5 Å². The van der Waals surface area contributed by atoms with Gasteiger partial charge in [-0.05, 0) is 30.3 Å². The van der Waals surface area contributed by atoms with Crippen molar-refractivity contribution in [2.24, 2.45) is 0 Å². The first kappa shape index (κ1) is 14.7. The van der Waals surface area contributed by atoms with Crippen LogP contribution in [-0.2, 0) is 0 Å². The summed E-state index contributed by atoms with van der Waals surface area (Å²) in [6.45, 7) is 0. The molecule has 21 heavy (non-hydrogen) atoms. The highest BCUT2D eigenvalue weighted by Crippen LogP contribution is 2.25. The highest BCUT2D eigenvalue weighted by atomic mass is 35.5. The smallest absolute Gasteiger partial charge is 0.257 e. The van der Waals surface area contributed by atoms with Crippen LogP contribution in [0.1, 0.15) is 15.9 Å². The van der Waals surface area contributed by atoms with E-state index in [1.807, 2.05) is 6.07 Å². The molecule has 0 aliphatic rings. The molecule has 106 valence electrons. The number of hydrogen-bond donors (Lipinski definition) is 2. The van der Waals surface area contributed by atoms with Crippen LogP contribution in [0.4, 0.5) is 11.4 Å². The molecule has 3 N–H and O–H groups in total. The fourth-order valence-electron chi connectivity index (χ4n) is 1.75. The van der Waals surface area contributed by atoms with Crippen molar-refractivity contribution < 1.29 is 9.53 Å². The lowest BCUT2D eigenvalue weighted by Crippen LogP contribution is -2.14. The van der Waals surface area contributed by atoms with Gasteiger partial charge in [-0.2, -0.15) is 5.26 Å². The summed E-state index contributed by atoms with van der Waals surface area (Å²) in [5.41, 5.74) is 7.17. The summed E-state index contributed by atoms with van der Waals surface area (Å²) in [6, 6.07) is 11.4. The Morgan fingerprint density at radius 3 is 2.71 bits per heavy atom. The zero-order chi connectivity index (χ0) is 15.4. The molecule has 0 fully saturated rings. The number of anilines is 2. The van der Waals surface area contributed by atoms with Crippen molar-refractivity contribution in [2.75, 3.05) is 18.2 Å².